The van der Waals surface area contributed by atoms with Gasteiger partial charge in [-0.1, -0.05) is 6.92 Å². The van der Waals surface area contributed by atoms with Gasteiger partial charge in [0, 0.05) is 26.7 Å². The summed E-state index contributed by atoms with van der Waals surface area (Å²) < 4.78 is 8.71. The summed E-state index contributed by atoms with van der Waals surface area (Å²) in [5.74, 6) is 0. The molecule has 5 heteroatoms. The summed E-state index contributed by atoms with van der Waals surface area (Å²) >= 11 is 3.62. The molecule has 0 radical (unpaired) electrons. The highest BCUT2D eigenvalue weighted by Gasteiger charge is 2.18. The molecular weight excluding hydrogens is 294 g/mol. The van der Waals surface area contributed by atoms with Gasteiger partial charge in [0.15, 0.2) is 0 Å². The van der Waals surface area contributed by atoms with Crippen LogP contribution in [0, 0.1) is 0 Å². The van der Waals surface area contributed by atoms with Crippen LogP contribution < -0.4 is 5.32 Å². The smallest absolute Gasteiger partial charge is 0.0767 e. The molecule has 4 nitrogen and oxygen atoms in total. The van der Waals surface area contributed by atoms with Crippen molar-refractivity contribution >= 4 is 15.9 Å². The quantitative estimate of drug-likeness (QED) is 0.840. The molecule has 0 atom stereocenters. The lowest BCUT2D eigenvalue weighted by Crippen LogP contribution is -2.37. The number of aryl methyl sites for hydroxylation is 2. The average Bonchev–Trinajstić information content (AvgIpc) is 2.55. The van der Waals surface area contributed by atoms with Gasteiger partial charge in [-0.15, -0.1) is 0 Å². The van der Waals surface area contributed by atoms with Crippen LogP contribution in [0.5, 0.6) is 0 Å². The summed E-state index contributed by atoms with van der Waals surface area (Å²) in [7, 11) is 1.98. The normalized spacial score (nSPS) is 12.1. The Hall–Kier alpha value is -0.390. The van der Waals surface area contributed by atoms with E-state index in [2.05, 4.69) is 47.1 Å². The summed E-state index contributed by atoms with van der Waals surface area (Å²) in [4.78, 5) is 0. The average molecular weight is 318 g/mol. The topological polar surface area (TPSA) is 39.1 Å². The lowest BCUT2D eigenvalue weighted by molar-refractivity contribution is -0.00907. The van der Waals surface area contributed by atoms with Crippen molar-refractivity contribution in [1.29, 1.82) is 0 Å². The first-order valence-electron chi connectivity index (χ1n) is 6.46. The van der Waals surface area contributed by atoms with Crippen molar-refractivity contribution < 1.29 is 4.74 Å². The van der Waals surface area contributed by atoms with E-state index in [0.29, 0.717) is 0 Å². The fraction of sp³-hybridized carbons (Fsp3) is 0.769. The third-order valence-corrected chi connectivity index (χ3v) is 3.80. The summed E-state index contributed by atoms with van der Waals surface area (Å²) in [5, 5.41) is 7.91. The first-order chi connectivity index (χ1) is 8.41. The second kappa shape index (κ2) is 6.68. The Morgan fingerprint density at radius 2 is 2.06 bits per heavy atom. The third kappa shape index (κ3) is 4.07. The zero-order valence-corrected chi connectivity index (χ0v) is 13.6. The number of aromatic nitrogens is 2. The maximum atomic E-state index is 5.66. The molecule has 0 unspecified atom stereocenters. The number of hydrogen-bond donors (Lipinski definition) is 1. The molecule has 1 aromatic rings. The zero-order valence-electron chi connectivity index (χ0n) is 12.0. The Morgan fingerprint density at radius 3 is 2.56 bits per heavy atom. The van der Waals surface area contributed by atoms with E-state index in [1.807, 2.05) is 18.7 Å². The van der Waals surface area contributed by atoms with E-state index in [4.69, 9.17) is 4.74 Å². The summed E-state index contributed by atoms with van der Waals surface area (Å²) in [6.07, 6.45) is 0.943. The highest BCUT2D eigenvalue weighted by molar-refractivity contribution is 9.10. The van der Waals surface area contributed by atoms with Crippen LogP contribution in [0.1, 0.15) is 39.1 Å². The second-order valence-electron chi connectivity index (χ2n) is 4.98. The van der Waals surface area contributed by atoms with Crippen LogP contribution in [-0.2, 0) is 24.8 Å². The van der Waals surface area contributed by atoms with Gasteiger partial charge in [0.1, 0.15) is 0 Å². The van der Waals surface area contributed by atoms with Gasteiger partial charge in [-0.25, -0.2) is 0 Å². The number of rotatable bonds is 7. The largest absolute Gasteiger partial charge is 0.375 e. The monoisotopic (exact) mass is 317 g/mol. The first-order valence-corrected chi connectivity index (χ1v) is 7.25. The van der Waals surface area contributed by atoms with E-state index in [1.54, 1.807) is 0 Å². The molecule has 0 aliphatic carbocycles. The van der Waals surface area contributed by atoms with Crippen LogP contribution >= 0.6 is 15.9 Å². The van der Waals surface area contributed by atoms with E-state index in [1.165, 1.54) is 5.69 Å². The molecule has 1 rings (SSSR count). The van der Waals surface area contributed by atoms with Crippen molar-refractivity contribution in [3.05, 3.63) is 15.9 Å². The van der Waals surface area contributed by atoms with Gasteiger partial charge in [-0.3, -0.25) is 4.68 Å². The van der Waals surface area contributed by atoms with Gasteiger partial charge >= 0.3 is 0 Å². The fourth-order valence-electron chi connectivity index (χ4n) is 1.94. The Morgan fingerprint density at radius 1 is 1.39 bits per heavy atom. The molecule has 0 aliphatic rings. The lowest BCUT2D eigenvalue weighted by atomic mass is 10.1. The molecule has 1 heterocycles. The van der Waals surface area contributed by atoms with Crippen molar-refractivity contribution in [3.8, 4) is 0 Å². The van der Waals surface area contributed by atoms with Crippen LogP contribution in [0.25, 0.3) is 0 Å². The third-order valence-electron chi connectivity index (χ3n) is 2.88. The molecule has 0 spiro atoms. The van der Waals surface area contributed by atoms with E-state index < -0.39 is 0 Å². The van der Waals surface area contributed by atoms with Crippen LogP contribution in [-0.4, -0.2) is 28.5 Å². The predicted octanol–water partition coefficient (Wildman–Crippen LogP) is 2.65. The van der Waals surface area contributed by atoms with Gasteiger partial charge in [0.05, 0.1) is 21.5 Å². The Bertz CT molecular complexity index is 388. The van der Waals surface area contributed by atoms with Crippen LogP contribution in [0.3, 0.4) is 0 Å². The van der Waals surface area contributed by atoms with Gasteiger partial charge in [-0.05, 0) is 43.1 Å². The highest BCUT2D eigenvalue weighted by Crippen LogP contribution is 2.21. The molecule has 0 fully saturated rings. The molecule has 0 aliphatic heterocycles. The molecule has 0 amide bonds. The molecule has 104 valence electrons. The molecule has 1 aromatic heterocycles. The summed E-state index contributed by atoms with van der Waals surface area (Å²) in [5.41, 5.74) is 2.16. The molecule has 0 saturated carbocycles. The van der Waals surface area contributed by atoms with Crippen molar-refractivity contribution in [2.45, 2.75) is 46.3 Å². The molecule has 18 heavy (non-hydrogen) atoms. The van der Waals surface area contributed by atoms with Crippen LogP contribution in [0.2, 0.25) is 0 Å². The van der Waals surface area contributed by atoms with Crippen LogP contribution in [0.15, 0.2) is 4.47 Å². The number of halogens is 1. The lowest BCUT2D eigenvalue weighted by Gasteiger charge is -2.25. The minimum absolute atomic E-state index is 0.132. The number of ether oxygens (including phenoxy) is 1. The fourth-order valence-corrected chi connectivity index (χ4v) is 2.69. The van der Waals surface area contributed by atoms with Gasteiger partial charge in [-0.2, -0.15) is 5.10 Å². The SMILES string of the molecule is CCOC(C)(C)CNCc1c(Br)c(CC)nn1C. The zero-order chi connectivity index (χ0) is 13.8. The molecule has 0 bridgehead atoms. The molecule has 0 aromatic carbocycles. The van der Waals surface area contributed by atoms with Crippen molar-refractivity contribution in [2.75, 3.05) is 13.2 Å². The maximum Gasteiger partial charge on any atom is 0.0767 e. The highest BCUT2D eigenvalue weighted by atomic mass is 79.9. The predicted molar refractivity (Wildman–Crippen MR) is 77.7 cm³/mol. The van der Waals surface area contributed by atoms with E-state index in [9.17, 15) is 0 Å². The number of nitrogens with zero attached hydrogens (tertiary/aromatic N) is 2. The molecule has 1 N–H and O–H groups in total. The van der Waals surface area contributed by atoms with Gasteiger partial charge in [0.2, 0.25) is 0 Å². The minimum atomic E-state index is -0.132. The molecule has 0 saturated heterocycles. The maximum absolute atomic E-state index is 5.66. The number of hydrogen-bond acceptors (Lipinski definition) is 3. The van der Waals surface area contributed by atoms with E-state index in [-0.39, 0.29) is 5.60 Å². The Balaban J connectivity index is 2.56. The van der Waals surface area contributed by atoms with Crippen molar-refractivity contribution in [1.82, 2.24) is 15.1 Å². The Kier molecular flexibility index (Phi) is 5.82. The second-order valence-corrected chi connectivity index (χ2v) is 5.77. The van der Waals surface area contributed by atoms with Crippen LogP contribution in [0.4, 0.5) is 0 Å². The van der Waals surface area contributed by atoms with E-state index in [0.717, 1.165) is 36.3 Å². The van der Waals surface area contributed by atoms with Crippen molar-refractivity contribution in [3.63, 3.8) is 0 Å². The molecular formula is C13H24BrN3O. The minimum Gasteiger partial charge on any atom is -0.375 e. The van der Waals surface area contributed by atoms with Crippen molar-refractivity contribution in [2.24, 2.45) is 7.05 Å². The van der Waals surface area contributed by atoms with Gasteiger partial charge < -0.3 is 10.1 Å². The van der Waals surface area contributed by atoms with E-state index >= 15 is 0 Å². The Labute approximate surface area is 118 Å². The summed E-state index contributed by atoms with van der Waals surface area (Å²) in [6, 6.07) is 0. The van der Waals surface area contributed by atoms with Gasteiger partial charge in [0.25, 0.3) is 0 Å². The summed E-state index contributed by atoms with van der Waals surface area (Å²) in [6.45, 7) is 10.7. The standard InChI is InChI=1S/C13H24BrN3O/c1-6-10-12(14)11(17(5)16-10)8-15-9-13(3,4)18-7-2/h15H,6-9H2,1-5H3. The number of nitrogens with one attached hydrogen (secondary N) is 1. The first kappa shape index (κ1) is 15.7.